The van der Waals surface area contributed by atoms with Crippen molar-refractivity contribution in [3.63, 3.8) is 0 Å². The standard InChI is InChI=1S/C19H12BrN2/c20-15-11-16-17(13-7-3-1-4-8-13)18(22-19(16)21-12-15)14-9-5-2-6-10-14/h2-12H,(H,21,22). The number of fused-ring (bicyclic) bond motifs is 1. The maximum atomic E-state index is 4.50. The number of hydrogen-bond acceptors (Lipinski definition) is 1. The predicted octanol–water partition coefficient (Wildman–Crippen LogP) is 5.46. The van der Waals surface area contributed by atoms with Gasteiger partial charge in [0.05, 0.1) is 5.69 Å². The summed E-state index contributed by atoms with van der Waals surface area (Å²) in [6.45, 7) is 0. The van der Waals surface area contributed by atoms with Crippen LogP contribution < -0.4 is 0 Å². The molecule has 105 valence electrons. The van der Waals surface area contributed by atoms with E-state index >= 15 is 0 Å². The fraction of sp³-hybridized carbons (Fsp3) is 0. The van der Waals surface area contributed by atoms with Gasteiger partial charge in [-0.1, -0.05) is 54.6 Å². The van der Waals surface area contributed by atoms with E-state index in [-0.39, 0.29) is 0 Å². The molecule has 1 radical (unpaired) electrons. The number of hydrogen-bond donors (Lipinski definition) is 1. The summed E-state index contributed by atoms with van der Waals surface area (Å²) in [4.78, 5) is 7.97. The molecule has 1 N–H and O–H groups in total. The third-order valence-electron chi connectivity index (χ3n) is 3.69. The lowest BCUT2D eigenvalue weighted by molar-refractivity contribution is 1.31. The minimum absolute atomic E-state index is 0.893. The molecule has 2 aromatic carbocycles. The van der Waals surface area contributed by atoms with Crippen molar-refractivity contribution < 1.29 is 0 Å². The summed E-state index contributed by atoms with van der Waals surface area (Å²) in [5, 5.41) is 1.11. The number of rotatable bonds is 2. The Labute approximate surface area is 137 Å². The van der Waals surface area contributed by atoms with Crippen LogP contribution in [-0.2, 0) is 0 Å². The molecule has 0 bridgehead atoms. The van der Waals surface area contributed by atoms with E-state index in [0.717, 1.165) is 32.3 Å². The number of nitrogens with zero attached hydrogens (tertiary/aromatic N) is 1. The molecule has 0 saturated carbocycles. The van der Waals surface area contributed by atoms with Crippen molar-refractivity contribution in [2.24, 2.45) is 0 Å². The lowest BCUT2D eigenvalue weighted by atomic mass is 9.99. The van der Waals surface area contributed by atoms with Crippen molar-refractivity contribution in [2.75, 3.05) is 0 Å². The number of halogens is 1. The zero-order valence-electron chi connectivity index (χ0n) is 11.7. The first-order valence-corrected chi connectivity index (χ1v) is 7.81. The highest BCUT2D eigenvalue weighted by atomic mass is 79.9. The van der Waals surface area contributed by atoms with Gasteiger partial charge >= 0.3 is 0 Å². The van der Waals surface area contributed by atoms with Crippen LogP contribution in [0.5, 0.6) is 0 Å². The Bertz CT molecular complexity index is 928. The third-order valence-corrected chi connectivity index (χ3v) is 4.12. The van der Waals surface area contributed by atoms with Crippen molar-refractivity contribution in [3.8, 4) is 22.4 Å². The van der Waals surface area contributed by atoms with Gasteiger partial charge in [-0.25, -0.2) is 4.98 Å². The molecule has 0 amide bonds. The van der Waals surface area contributed by atoms with E-state index < -0.39 is 0 Å². The molecule has 2 aromatic heterocycles. The summed E-state index contributed by atoms with van der Waals surface area (Å²) in [5.74, 6) is 0. The summed E-state index contributed by atoms with van der Waals surface area (Å²) in [5.41, 5.74) is 5.46. The first-order chi connectivity index (χ1) is 10.8. The third kappa shape index (κ3) is 2.24. The number of pyridine rings is 1. The number of H-pyrrole nitrogens is 1. The van der Waals surface area contributed by atoms with Gasteiger partial charge in [0.25, 0.3) is 0 Å². The van der Waals surface area contributed by atoms with Crippen molar-refractivity contribution in [1.82, 2.24) is 9.97 Å². The van der Waals surface area contributed by atoms with Crippen LogP contribution >= 0.6 is 15.9 Å². The van der Waals surface area contributed by atoms with Gasteiger partial charge < -0.3 is 4.98 Å². The fourth-order valence-electron chi connectivity index (χ4n) is 2.72. The van der Waals surface area contributed by atoms with E-state index in [4.69, 9.17) is 0 Å². The Hall–Kier alpha value is -2.39. The molecular weight excluding hydrogens is 336 g/mol. The van der Waals surface area contributed by atoms with E-state index in [1.165, 1.54) is 5.56 Å². The van der Waals surface area contributed by atoms with Gasteiger partial charge in [0.1, 0.15) is 5.65 Å². The van der Waals surface area contributed by atoms with Crippen LogP contribution in [0.3, 0.4) is 0 Å². The first kappa shape index (κ1) is 13.3. The van der Waals surface area contributed by atoms with E-state index in [1.807, 2.05) is 36.5 Å². The molecular formula is C19H12BrN2. The Morgan fingerprint density at radius 3 is 2.50 bits per heavy atom. The molecule has 3 heteroatoms. The molecule has 0 fully saturated rings. The quantitative estimate of drug-likeness (QED) is 0.512. The van der Waals surface area contributed by atoms with Crippen molar-refractivity contribution >= 4 is 27.0 Å². The highest BCUT2D eigenvalue weighted by Gasteiger charge is 2.15. The molecule has 2 nitrogen and oxygen atoms in total. The summed E-state index contributed by atoms with van der Waals surface area (Å²) in [6, 6.07) is 23.6. The topological polar surface area (TPSA) is 28.7 Å². The van der Waals surface area contributed by atoms with E-state index in [0.29, 0.717) is 0 Å². The lowest BCUT2D eigenvalue weighted by Gasteiger charge is -2.05. The predicted molar refractivity (Wildman–Crippen MR) is 93.5 cm³/mol. The molecule has 0 aliphatic heterocycles. The molecule has 4 rings (SSSR count). The minimum atomic E-state index is 0.893. The molecule has 2 heterocycles. The van der Waals surface area contributed by atoms with Gasteiger partial charge in [0, 0.05) is 21.6 Å². The second-order valence-corrected chi connectivity index (χ2v) is 6.00. The van der Waals surface area contributed by atoms with Gasteiger partial charge in [0.15, 0.2) is 0 Å². The maximum Gasteiger partial charge on any atom is 0.138 e. The SMILES string of the molecule is Brc1cnc2[nH]c(-c3ccccc3)c(-c3cc[c]cc3)c2c1. The van der Waals surface area contributed by atoms with Crippen LogP contribution in [0.25, 0.3) is 33.4 Å². The zero-order chi connectivity index (χ0) is 14.9. The van der Waals surface area contributed by atoms with Crippen LogP contribution in [0, 0.1) is 6.07 Å². The largest absolute Gasteiger partial charge is 0.339 e. The molecule has 0 aliphatic rings. The average Bonchev–Trinajstić information content (AvgIpc) is 2.95. The average molecular weight is 348 g/mol. The first-order valence-electron chi connectivity index (χ1n) is 7.02. The lowest BCUT2D eigenvalue weighted by Crippen LogP contribution is -1.82. The van der Waals surface area contributed by atoms with Crippen LogP contribution in [0.15, 0.2) is 71.3 Å². The Morgan fingerprint density at radius 1 is 0.955 bits per heavy atom. The van der Waals surface area contributed by atoms with Gasteiger partial charge in [0.2, 0.25) is 0 Å². The van der Waals surface area contributed by atoms with E-state index in [9.17, 15) is 0 Å². The Kier molecular flexibility index (Phi) is 3.28. The molecule has 22 heavy (non-hydrogen) atoms. The summed E-state index contributed by atoms with van der Waals surface area (Å²) < 4.78 is 0.974. The zero-order valence-corrected chi connectivity index (χ0v) is 13.3. The van der Waals surface area contributed by atoms with Crippen LogP contribution in [0.1, 0.15) is 0 Å². The number of aromatic amines is 1. The Balaban J connectivity index is 2.08. The highest BCUT2D eigenvalue weighted by Crippen LogP contribution is 2.38. The number of aromatic nitrogens is 2. The van der Waals surface area contributed by atoms with E-state index in [2.05, 4.69) is 62.3 Å². The van der Waals surface area contributed by atoms with Crippen molar-refractivity contribution in [2.45, 2.75) is 0 Å². The maximum absolute atomic E-state index is 4.50. The van der Waals surface area contributed by atoms with Gasteiger partial charge in [-0.05, 0) is 39.2 Å². The van der Waals surface area contributed by atoms with Crippen molar-refractivity contribution in [3.05, 3.63) is 77.4 Å². The summed E-state index contributed by atoms with van der Waals surface area (Å²) in [7, 11) is 0. The van der Waals surface area contributed by atoms with Crippen LogP contribution in [0.2, 0.25) is 0 Å². The molecule has 0 spiro atoms. The molecule has 0 saturated heterocycles. The minimum Gasteiger partial charge on any atom is -0.339 e. The Morgan fingerprint density at radius 2 is 1.73 bits per heavy atom. The highest BCUT2D eigenvalue weighted by molar-refractivity contribution is 9.10. The second-order valence-electron chi connectivity index (χ2n) is 5.08. The summed E-state index contributed by atoms with van der Waals surface area (Å²) >= 11 is 3.52. The van der Waals surface area contributed by atoms with E-state index in [1.54, 1.807) is 0 Å². The molecule has 0 unspecified atom stereocenters. The second kappa shape index (κ2) is 5.43. The van der Waals surface area contributed by atoms with Crippen LogP contribution in [0.4, 0.5) is 0 Å². The smallest absolute Gasteiger partial charge is 0.138 e. The van der Waals surface area contributed by atoms with Gasteiger partial charge in [-0.15, -0.1) is 0 Å². The normalized spacial score (nSPS) is 11.0. The fourth-order valence-corrected chi connectivity index (χ4v) is 3.05. The van der Waals surface area contributed by atoms with Crippen molar-refractivity contribution in [1.29, 1.82) is 0 Å². The summed E-state index contributed by atoms with van der Waals surface area (Å²) in [6.07, 6.45) is 1.82. The monoisotopic (exact) mass is 347 g/mol. The molecule has 4 aromatic rings. The van der Waals surface area contributed by atoms with Gasteiger partial charge in [-0.2, -0.15) is 0 Å². The number of benzene rings is 2. The molecule has 0 aliphatic carbocycles. The van der Waals surface area contributed by atoms with Gasteiger partial charge in [-0.3, -0.25) is 0 Å². The number of nitrogens with one attached hydrogen (secondary N) is 1. The van der Waals surface area contributed by atoms with Crippen LogP contribution in [-0.4, -0.2) is 9.97 Å². The molecule has 0 atom stereocenters.